The van der Waals surface area contributed by atoms with Crippen LogP contribution in [0.2, 0.25) is 0 Å². The molecule has 0 spiro atoms. The zero-order chi connectivity index (χ0) is 11.1. The Morgan fingerprint density at radius 2 is 1.87 bits per heavy atom. The summed E-state index contributed by atoms with van der Waals surface area (Å²) < 4.78 is 0. The molecule has 1 aromatic rings. The number of nitrogens with one attached hydrogen (secondary N) is 1. The van der Waals surface area contributed by atoms with E-state index in [9.17, 15) is 0 Å². The first-order valence-electron chi connectivity index (χ1n) is 5.17. The molecule has 0 saturated heterocycles. The molecule has 0 amide bonds. The zero-order valence-corrected chi connectivity index (χ0v) is 10.2. The van der Waals surface area contributed by atoms with Crippen LogP contribution < -0.4 is 5.32 Å². The van der Waals surface area contributed by atoms with Gasteiger partial charge in [0.1, 0.15) is 0 Å². The third-order valence-corrected chi connectivity index (χ3v) is 3.11. The van der Waals surface area contributed by atoms with Crippen molar-refractivity contribution in [2.45, 2.75) is 26.1 Å². The molecule has 84 valence electrons. The Morgan fingerprint density at radius 1 is 1.27 bits per heavy atom. The van der Waals surface area contributed by atoms with E-state index in [0.29, 0.717) is 6.04 Å². The highest BCUT2D eigenvalue weighted by atomic mass is 32.2. The second-order valence-electron chi connectivity index (χ2n) is 3.71. The van der Waals surface area contributed by atoms with Gasteiger partial charge in [-0.2, -0.15) is 11.8 Å². The molecule has 2 N–H and O–H groups in total. The van der Waals surface area contributed by atoms with Crippen LogP contribution in [0.5, 0.6) is 0 Å². The van der Waals surface area contributed by atoms with E-state index in [1.54, 1.807) is 0 Å². The summed E-state index contributed by atoms with van der Waals surface area (Å²) in [5.74, 6) is 1.13. The zero-order valence-electron chi connectivity index (χ0n) is 9.36. The van der Waals surface area contributed by atoms with Gasteiger partial charge in [-0.15, -0.1) is 0 Å². The number of hydrogen-bond acceptors (Lipinski definition) is 3. The predicted octanol–water partition coefficient (Wildman–Crippen LogP) is 2.02. The lowest BCUT2D eigenvalue weighted by Crippen LogP contribution is -2.27. The summed E-state index contributed by atoms with van der Waals surface area (Å²) in [5.41, 5.74) is 2.23. The molecule has 0 heterocycles. The van der Waals surface area contributed by atoms with Gasteiger partial charge in [0.05, 0.1) is 6.61 Å². The highest BCUT2D eigenvalue weighted by Crippen LogP contribution is 2.05. The summed E-state index contributed by atoms with van der Waals surface area (Å²) in [4.78, 5) is 0. The van der Waals surface area contributed by atoms with E-state index in [1.165, 1.54) is 5.56 Å². The molecular formula is C12H19NOS. The molecular weight excluding hydrogens is 206 g/mol. The molecule has 0 aliphatic heterocycles. The number of benzene rings is 1. The summed E-state index contributed by atoms with van der Waals surface area (Å²) in [6, 6.07) is 8.60. The van der Waals surface area contributed by atoms with Crippen molar-refractivity contribution >= 4 is 11.8 Å². The van der Waals surface area contributed by atoms with Crippen molar-refractivity contribution in [1.82, 2.24) is 5.32 Å². The van der Waals surface area contributed by atoms with Crippen molar-refractivity contribution in [1.29, 1.82) is 0 Å². The van der Waals surface area contributed by atoms with Crippen molar-refractivity contribution in [3.05, 3.63) is 35.4 Å². The number of rotatable bonds is 6. The largest absolute Gasteiger partial charge is 0.392 e. The molecule has 15 heavy (non-hydrogen) atoms. The third kappa shape index (κ3) is 4.69. The topological polar surface area (TPSA) is 32.3 Å². The highest BCUT2D eigenvalue weighted by Gasteiger charge is 2.00. The minimum absolute atomic E-state index is 0.122. The van der Waals surface area contributed by atoms with Gasteiger partial charge in [0.25, 0.3) is 0 Å². The first-order valence-corrected chi connectivity index (χ1v) is 6.56. The SMILES string of the molecule is CSCC(C)NCc1ccc(CO)cc1. The first-order chi connectivity index (χ1) is 7.26. The highest BCUT2D eigenvalue weighted by molar-refractivity contribution is 7.98. The van der Waals surface area contributed by atoms with Crippen molar-refractivity contribution < 1.29 is 5.11 Å². The maximum Gasteiger partial charge on any atom is 0.0681 e. The number of thioether (sulfide) groups is 1. The second-order valence-corrected chi connectivity index (χ2v) is 4.62. The third-order valence-electron chi connectivity index (χ3n) is 2.28. The van der Waals surface area contributed by atoms with Crippen LogP contribution in [0.15, 0.2) is 24.3 Å². The standard InChI is InChI=1S/C12H19NOS/c1-10(9-15-2)13-7-11-3-5-12(8-14)6-4-11/h3-6,10,13-14H,7-9H2,1-2H3. The lowest BCUT2D eigenvalue weighted by molar-refractivity contribution is 0.282. The van der Waals surface area contributed by atoms with E-state index in [2.05, 4.69) is 30.6 Å². The normalized spacial score (nSPS) is 12.7. The molecule has 2 nitrogen and oxygen atoms in total. The lowest BCUT2D eigenvalue weighted by atomic mass is 10.1. The van der Waals surface area contributed by atoms with Crippen molar-refractivity contribution in [2.24, 2.45) is 0 Å². The maximum absolute atomic E-state index is 8.90. The van der Waals surface area contributed by atoms with Crippen LogP contribution in [0.3, 0.4) is 0 Å². The summed E-state index contributed by atoms with van der Waals surface area (Å²) in [5, 5.41) is 12.4. The van der Waals surface area contributed by atoms with E-state index in [4.69, 9.17) is 5.11 Å². The minimum Gasteiger partial charge on any atom is -0.392 e. The van der Waals surface area contributed by atoms with Crippen molar-refractivity contribution in [2.75, 3.05) is 12.0 Å². The lowest BCUT2D eigenvalue weighted by Gasteiger charge is -2.12. The van der Waals surface area contributed by atoms with Crippen LogP contribution in [0, 0.1) is 0 Å². The Morgan fingerprint density at radius 3 is 2.40 bits per heavy atom. The fourth-order valence-corrected chi connectivity index (χ4v) is 1.98. The Labute approximate surface area is 96.1 Å². The van der Waals surface area contributed by atoms with Crippen molar-refractivity contribution in [3.63, 3.8) is 0 Å². The first kappa shape index (κ1) is 12.6. The van der Waals surface area contributed by atoms with Crippen LogP contribution in [0.4, 0.5) is 0 Å². The molecule has 3 heteroatoms. The van der Waals surface area contributed by atoms with E-state index < -0.39 is 0 Å². The number of aliphatic hydroxyl groups excluding tert-OH is 1. The van der Waals surface area contributed by atoms with Gasteiger partial charge in [0.15, 0.2) is 0 Å². The molecule has 0 fully saturated rings. The van der Waals surface area contributed by atoms with Gasteiger partial charge in [-0.1, -0.05) is 24.3 Å². The monoisotopic (exact) mass is 225 g/mol. The summed E-state index contributed by atoms with van der Waals surface area (Å²) >= 11 is 1.86. The molecule has 0 radical (unpaired) electrons. The van der Waals surface area contributed by atoms with Crippen LogP contribution in [0.25, 0.3) is 0 Å². The molecule has 0 saturated carbocycles. The second kappa shape index (κ2) is 6.88. The summed E-state index contributed by atoms with van der Waals surface area (Å²) in [6.07, 6.45) is 2.12. The van der Waals surface area contributed by atoms with Crippen LogP contribution in [0.1, 0.15) is 18.1 Å². The van der Waals surface area contributed by atoms with E-state index in [0.717, 1.165) is 17.9 Å². The molecule has 0 aliphatic rings. The van der Waals surface area contributed by atoms with Gasteiger partial charge in [-0.25, -0.2) is 0 Å². The van der Waals surface area contributed by atoms with Gasteiger partial charge in [0.2, 0.25) is 0 Å². The average Bonchev–Trinajstić information content (AvgIpc) is 2.27. The maximum atomic E-state index is 8.90. The van der Waals surface area contributed by atoms with Crippen LogP contribution >= 0.6 is 11.8 Å². The molecule has 1 aromatic carbocycles. The average molecular weight is 225 g/mol. The van der Waals surface area contributed by atoms with Crippen molar-refractivity contribution in [3.8, 4) is 0 Å². The summed E-state index contributed by atoms with van der Waals surface area (Å²) in [6.45, 7) is 3.21. The smallest absolute Gasteiger partial charge is 0.0681 e. The summed E-state index contributed by atoms with van der Waals surface area (Å²) in [7, 11) is 0. The van der Waals surface area contributed by atoms with E-state index >= 15 is 0 Å². The number of aliphatic hydroxyl groups is 1. The Balaban J connectivity index is 2.37. The molecule has 1 unspecified atom stereocenters. The number of hydrogen-bond donors (Lipinski definition) is 2. The quantitative estimate of drug-likeness (QED) is 0.777. The van der Waals surface area contributed by atoms with Crippen LogP contribution in [-0.4, -0.2) is 23.2 Å². The Bertz CT molecular complexity index is 273. The van der Waals surface area contributed by atoms with E-state index in [-0.39, 0.29) is 6.61 Å². The van der Waals surface area contributed by atoms with Gasteiger partial charge in [-0.3, -0.25) is 0 Å². The predicted molar refractivity (Wildman–Crippen MR) is 67.0 cm³/mol. The van der Waals surface area contributed by atoms with Gasteiger partial charge in [0, 0.05) is 18.3 Å². The van der Waals surface area contributed by atoms with Gasteiger partial charge < -0.3 is 10.4 Å². The van der Waals surface area contributed by atoms with Crippen LogP contribution in [-0.2, 0) is 13.2 Å². The molecule has 1 atom stereocenters. The Kier molecular flexibility index (Phi) is 5.76. The Hall–Kier alpha value is -0.510. The molecule has 1 rings (SSSR count). The van der Waals surface area contributed by atoms with E-state index in [1.807, 2.05) is 23.9 Å². The van der Waals surface area contributed by atoms with Gasteiger partial charge in [-0.05, 0) is 24.3 Å². The molecule has 0 aliphatic carbocycles. The fourth-order valence-electron chi connectivity index (χ4n) is 1.36. The van der Waals surface area contributed by atoms with Gasteiger partial charge >= 0.3 is 0 Å². The minimum atomic E-state index is 0.122. The molecule has 0 aromatic heterocycles. The fraction of sp³-hybridized carbons (Fsp3) is 0.500. The molecule has 0 bridgehead atoms.